The summed E-state index contributed by atoms with van der Waals surface area (Å²) in [7, 11) is 3.40. The Kier molecular flexibility index (Phi) is 7.58. The second kappa shape index (κ2) is 10.8. The minimum Gasteiger partial charge on any atom is -0.496 e. The van der Waals surface area contributed by atoms with Gasteiger partial charge in [-0.1, -0.05) is 69.4 Å². The fraction of sp³-hybridized carbons (Fsp3) is 0.290. The fourth-order valence-electron chi connectivity index (χ4n) is 4.41. The first kappa shape index (κ1) is 25.2. The van der Waals surface area contributed by atoms with Crippen LogP contribution < -0.4 is 14.8 Å². The van der Waals surface area contributed by atoms with E-state index in [0.717, 1.165) is 56.8 Å². The Hall–Kier alpha value is -3.86. The molecule has 2 unspecified atom stereocenters. The summed E-state index contributed by atoms with van der Waals surface area (Å²) in [5, 5.41) is 4.29. The van der Waals surface area contributed by atoms with Crippen molar-refractivity contribution >= 4 is 16.9 Å². The first-order chi connectivity index (χ1) is 17.3. The summed E-state index contributed by atoms with van der Waals surface area (Å²) < 4.78 is 11.8. The van der Waals surface area contributed by atoms with Crippen molar-refractivity contribution < 1.29 is 9.47 Å². The van der Waals surface area contributed by atoms with Crippen LogP contribution in [0.3, 0.4) is 0 Å². The molecule has 0 saturated heterocycles. The molecule has 0 radical (unpaired) electrons. The molecule has 0 amide bonds. The van der Waals surface area contributed by atoms with Crippen LogP contribution in [0.2, 0.25) is 0 Å². The Balaban J connectivity index is 1.81. The monoisotopic (exact) mass is 481 g/mol. The van der Waals surface area contributed by atoms with Crippen LogP contribution in [0.15, 0.2) is 84.3 Å². The highest BCUT2D eigenvalue weighted by atomic mass is 16.5. The summed E-state index contributed by atoms with van der Waals surface area (Å²) in [5.74, 6) is 2.55. The maximum Gasteiger partial charge on any atom is 0.227 e. The first-order valence-electron chi connectivity index (χ1n) is 12.4. The zero-order valence-corrected chi connectivity index (χ0v) is 22.1. The van der Waals surface area contributed by atoms with Crippen molar-refractivity contribution in [1.82, 2.24) is 9.97 Å². The molecule has 2 atom stereocenters. The maximum atomic E-state index is 5.90. The molecule has 0 spiro atoms. The molecule has 1 aromatic heterocycles. The topological polar surface area (TPSA) is 56.3 Å². The van der Waals surface area contributed by atoms with E-state index in [1.165, 1.54) is 5.57 Å². The number of ether oxygens (including phenoxy) is 2. The number of allylic oxidation sites excluding steroid dienone is 6. The number of rotatable bonds is 8. The van der Waals surface area contributed by atoms with Crippen LogP contribution >= 0.6 is 0 Å². The fourth-order valence-corrected chi connectivity index (χ4v) is 4.41. The van der Waals surface area contributed by atoms with Crippen LogP contribution in [0.5, 0.6) is 11.5 Å². The molecule has 36 heavy (non-hydrogen) atoms. The second-order valence-corrected chi connectivity index (χ2v) is 9.34. The van der Waals surface area contributed by atoms with Gasteiger partial charge in [-0.2, -0.15) is 0 Å². The molecule has 1 N–H and O–H groups in total. The summed E-state index contributed by atoms with van der Waals surface area (Å²) in [6, 6.07) is 10.3. The minimum atomic E-state index is 0.239. The molecule has 1 aliphatic rings. The molecule has 0 fully saturated rings. The molecule has 186 valence electrons. The van der Waals surface area contributed by atoms with Crippen molar-refractivity contribution in [3.8, 4) is 22.6 Å². The standard InChI is InChI=1S/C31H35N3O2/c1-8-19(2)14-22(5)24-16-27(35-6)29(28(17-24)36-7)26-11-9-10-23-18-32-31(34-30(23)26)33-25-13-12-20(3)21(4)15-25/h9-18,21-22H,3,8H2,1-2,4-7H3,(H,32,33,34)/b19-14-. The highest BCUT2D eigenvalue weighted by Crippen LogP contribution is 2.43. The van der Waals surface area contributed by atoms with E-state index < -0.39 is 0 Å². The lowest BCUT2D eigenvalue weighted by molar-refractivity contribution is 0.396. The van der Waals surface area contributed by atoms with Gasteiger partial charge in [-0.25, -0.2) is 9.97 Å². The van der Waals surface area contributed by atoms with Crippen LogP contribution in [0, 0.1) is 5.92 Å². The van der Waals surface area contributed by atoms with Crippen LogP contribution in [-0.2, 0) is 0 Å². The number of benzene rings is 2. The lowest BCUT2D eigenvalue weighted by atomic mass is 9.93. The number of aromatic nitrogens is 2. The summed E-state index contributed by atoms with van der Waals surface area (Å²) in [4.78, 5) is 9.46. The second-order valence-electron chi connectivity index (χ2n) is 9.34. The van der Waals surface area contributed by atoms with E-state index >= 15 is 0 Å². The lowest BCUT2D eigenvalue weighted by Gasteiger charge is -2.19. The molecule has 5 nitrogen and oxygen atoms in total. The van der Waals surface area contributed by atoms with E-state index in [9.17, 15) is 0 Å². The van der Waals surface area contributed by atoms with E-state index in [0.29, 0.717) is 5.95 Å². The van der Waals surface area contributed by atoms with Gasteiger partial charge in [0.15, 0.2) is 0 Å². The number of fused-ring (bicyclic) bond motifs is 1. The zero-order chi connectivity index (χ0) is 25.8. The van der Waals surface area contributed by atoms with Crippen molar-refractivity contribution in [2.45, 2.75) is 40.0 Å². The van der Waals surface area contributed by atoms with Gasteiger partial charge < -0.3 is 14.8 Å². The molecule has 1 aliphatic carbocycles. The molecule has 0 aliphatic heterocycles. The van der Waals surface area contributed by atoms with Gasteiger partial charge in [0.1, 0.15) is 11.5 Å². The first-order valence-corrected chi connectivity index (χ1v) is 12.4. The minimum absolute atomic E-state index is 0.239. The third-order valence-corrected chi connectivity index (χ3v) is 6.77. The van der Waals surface area contributed by atoms with Crippen molar-refractivity contribution in [2.24, 2.45) is 5.92 Å². The average Bonchev–Trinajstić information content (AvgIpc) is 2.89. The molecular formula is C31H35N3O2. The predicted molar refractivity (Wildman–Crippen MR) is 150 cm³/mol. The Labute approximate surface area is 214 Å². The van der Waals surface area contributed by atoms with Gasteiger partial charge in [-0.3, -0.25) is 0 Å². The number of nitrogens with one attached hydrogen (secondary N) is 1. The normalized spacial score (nSPS) is 16.6. The Bertz CT molecular complexity index is 1360. The molecule has 0 saturated carbocycles. The molecule has 4 rings (SSSR count). The van der Waals surface area contributed by atoms with Gasteiger partial charge in [0, 0.05) is 28.8 Å². The summed E-state index contributed by atoms with van der Waals surface area (Å²) in [6.45, 7) is 12.7. The molecule has 0 bridgehead atoms. The predicted octanol–water partition coefficient (Wildman–Crippen LogP) is 7.83. The quantitative estimate of drug-likeness (QED) is 0.332. The maximum absolute atomic E-state index is 5.90. The van der Waals surface area contributed by atoms with Crippen LogP contribution in [0.25, 0.3) is 22.0 Å². The molecule has 1 heterocycles. The highest BCUT2D eigenvalue weighted by Gasteiger charge is 2.20. The van der Waals surface area contributed by atoms with Crippen molar-refractivity contribution in [3.63, 3.8) is 0 Å². The van der Waals surface area contributed by atoms with Gasteiger partial charge in [0.2, 0.25) is 5.95 Å². The number of nitrogens with zero attached hydrogens (tertiary/aromatic N) is 2. The highest BCUT2D eigenvalue weighted by molar-refractivity contribution is 5.97. The average molecular weight is 482 g/mol. The molecule has 2 aromatic carbocycles. The summed E-state index contributed by atoms with van der Waals surface area (Å²) in [5.41, 5.74) is 7.17. The molecular weight excluding hydrogens is 446 g/mol. The number of methoxy groups -OCH3 is 2. The van der Waals surface area contributed by atoms with E-state index in [4.69, 9.17) is 14.5 Å². The van der Waals surface area contributed by atoms with Crippen LogP contribution in [-0.4, -0.2) is 24.2 Å². The lowest BCUT2D eigenvalue weighted by Crippen LogP contribution is -2.07. The molecule has 5 heteroatoms. The summed E-state index contributed by atoms with van der Waals surface area (Å²) in [6.07, 6.45) is 11.3. The van der Waals surface area contributed by atoms with E-state index in [1.807, 2.05) is 30.5 Å². The third kappa shape index (κ3) is 5.20. The zero-order valence-electron chi connectivity index (χ0n) is 22.1. The summed E-state index contributed by atoms with van der Waals surface area (Å²) >= 11 is 0. The Morgan fingerprint density at radius 2 is 1.89 bits per heavy atom. The largest absolute Gasteiger partial charge is 0.496 e. The van der Waals surface area contributed by atoms with Crippen LogP contribution in [0.4, 0.5) is 5.95 Å². The Morgan fingerprint density at radius 1 is 1.17 bits per heavy atom. The van der Waals surface area contributed by atoms with E-state index in [-0.39, 0.29) is 11.8 Å². The Morgan fingerprint density at radius 3 is 2.53 bits per heavy atom. The van der Waals surface area contributed by atoms with Gasteiger partial charge in [-0.05, 0) is 48.6 Å². The van der Waals surface area contributed by atoms with Gasteiger partial charge in [-0.15, -0.1) is 0 Å². The van der Waals surface area contributed by atoms with Crippen LogP contribution in [0.1, 0.15) is 45.6 Å². The van der Waals surface area contributed by atoms with Gasteiger partial charge >= 0.3 is 0 Å². The number of hydrogen-bond donors (Lipinski definition) is 1. The SMILES string of the molecule is C=C1C=CC(Nc2ncc3cccc(-c4c(OC)cc(C(C)/C=C(/C)CC)cc4OC)c3n2)=CC1C. The van der Waals surface area contributed by atoms with Gasteiger partial charge in [0.05, 0.1) is 25.3 Å². The van der Waals surface area contributed by atoms with E-state index in [1.54, 1.807) is 14.2 Å². The van der Waals surface area contributed by atoms with Crippen molar-refractivity contribution in [1.29, 1.82) is 0 Å². The van der Waals surface area contributed by atoms with E-state index in [2.05, 4.69) is 74.9 Å². The smallest absolute Gasteiger partial charge is 0.227 e. The third-order valence-electron chi connectivity index (χ3n) is 6.77. The number of para-hydroxylation sites is 1. The van der Waals surface area contributed by atoms with Crippen molar-refractivity contribution in [3.05, 3.63) is 89.8 Å². The number of anilines is 1. The van der Waals surface area contributed by atoms with Gasteiger partial charge in [0.25, 0.3) is 0 Å². The van der Waals surface area contributed by atoms with Crippen molar-refractivity contribution in [2.75, 3.05) is 19.5 Å². The molecule has 3 aromatic rings. The number of hydrogen-bond acceptors (Lipinski definition) is 5.